The van der Waals surface area contributed by atoms with Gasteiger partial charge in [-0.05, 0) is 41.8 Å². The molecule has 0 unspecified atom stereocenters. The molecule has 6 heteroatoms. The number of hydrogen-bond donors (Lipinski definition) is 1. The van der Waals surface area contributed by atoms with Gasteiger partial charge in [0.1, 0.15) is 5.75 Å². The van der Waals surface area contributed by atoms with Gasteiger partial charge in [0, 0.05) is 15.4 Å². The van der Waals surface area contributed by atoms with Gasteiger partial charge in [0.05, 0.1) is 30.4 Å². The van der Waals surface area contributed by atoms with Crippen molar-refractivity contribution in [3.8, 4) is 5.75 Å². The Bertz CT molecular complexity index is 957. The van der Waals surface area contributed by atoms with Gasteiger partial charge in [0.15, 0.2) is 0 Å². The highest BCUT2D eigenvalue weighted by Crippen LogP contribution is 2.27. The molecule has 0 spiro atoms. The summed E-state index contributed by atoms with van der Waals surface area (Å²) in [5, 5.41) is 14.4. The van der Waals surface area contributed by atoms with E-state index in [1.165, 1.54) is 0 Å². The molecule has 0 aliphatic heterocycles. The Morgan fingerprint density at radius 3 is 2.69 bits per heavy atom. The minimum Gasteiger partial charge on any atom is -0.493 e. The summed E-state index contributed by atoms with van der Waals surface area (Å²) in [5.74, 6) is -0.113. The lowest BCUT2D eigenvalue weighted by Gasteiger charge is -2.20. The molecule has 0 atom stereocenters. The molecule has 1 aromatic heterocycles. The number of hydrogen-bond acceptors (Lipinski definition) is 3. The van der Waals surface area contributed by atoms with Crippen LogP contribution in [0.2, 0.25) is 0 Å². The first kappa shape index (κ1) is 18.5. The number of halogens is 1. The lowest BCUT2D eigenvalue weighted by Crippen LogP contribution is -2.17. The molecule has 0 bridgehead atoms. The van der Waals surface area contributed by atoms with Crippen molar-refractivity contribution in [3.63, 3.8) is 0 Å². The Balaban J connectivity index is 1.92. The van der Waals surface area contributed by atoms with Crippen molar-refractivity contribution in [2.45, 2.75) is 27.3 Å². The average Bonchev–Trinajstić information content (AvgIpc) is 2.95. The van der Waals surface area contributed by atoms with Gasteiger partial charge in [-0.2, -0.15) is 5.10 Å². The van der Waals surface area contributed by atoms with Crippen molar-refractivity contribution in [3.05, 3.63) is 58.2 Å². The molecular formula is C20H21BrN2O3. The Morgan fingerprint density at radius 1 is 1.23 bits per heavy atom. The first-order chi connectivity index (χ1) is 12.2. The Hall–Kier alpha value is -2.34. The van der Waals surface area contributed by atoms with Crippen LogP contribution in [0.3, 0.4) is 0 Å². The molecule has 26 heavy (non-hydrogen) atoms. The van der Waals surface area contributed by atoms with E-state index in [2.05, 4.69) is 41.8 Å². The maximum atomic E-state index is 11.1. The summed E-state index contributed by atoms with van der Waals surface area (Å²) in [6, 6.07) is 11.0. The zero-order valence-corrected chi connectivity index (χ0v) is 16.6. The van der Waals surface area contributed by atoms with Crippen LogP contribution >= 0.6 is 15.9 Å². The van der Waals surface area contributed by atoms with Crippen LogP contribution in [-0.2, 0) is 6.54 Å². The van der Waals surface area contributed by atoms with E-state index in [1.807, 2.05) is 22.9 Å². The summed E-state index contributed by atoms with van der Waals surface area (Å²) in [6.45, 7) is 7.55. The van der Waals surface area contributed by atoms with Crippen LogP contribution in [0.5, 0.6) is 5.75 Å². The summed E-state index contributed by atoms with van der Waals surface area (Å²) in [6.07, 6.45) is 1.69. The number of benzene rings is 2. The minimum atomic E-state index is -0.940. The Kier molecular flexibility index (Phi) is 5.05. The van der Waals surface area contributed by atoms with E-state index in [4.69, 9.17) is 9.84 Å². The lowest BCUT2D eigenvalue weighted by molar-refractivity contribution is 0.0697. The van der Waals surface area contributed by atoms with Gasteiger partial charge in [-0.15, -0.1) is 0 Å². The van der Waals surface area contributed by atoms with Crippen LogP contribution in [0.15, 0.2) is 47.1 Å². The molecule has 1 heterocycles. The van der Waals surface area contributed by atoms with E-state index >= 15 is 0 Å². The molecule has 136 valence electrons. The van der Waals surface area contributed by atoms with Crippen LogP contribution in [0, 0.1) is 5.41 Å². The number of carboxylic acids is 1. The SMILES string of the molecule is CC(C)(C)COc1ccc(Br)cc1Cn1ncc2cc(C(=O)O)ccc21. The van der Waals surface area contributed by atoms with Crippen molar-refractivity contribution in [1.29, 1.82) is 0 Å². The first-order valence-corrected chi connectivity index (χ1v) is 9.12. The normalized spacial score (nSPS) is 11.7. The molecule has 0 aliphatic rings. The molecule has 0 aliphatic carbocycles. The smallest absolute Gasteiger partial charge is 0.335 e. The maximum Gasteiger partial charge on any atom is 0.335 e. The minimum absolute atomic E-state index is 0.0654. The standard InChI is InChI=1S/C20H21BrN2O3/c1-20(2,3)12-26-18-7-5-16(21)9-15(18)11-23-17-6-4-13(19(24)25)8-14(17)10-22-23/h4-10H,11-12H2,1-3H3,(H,24,25). The Labute approximate surface area is 160 Å². The van der Waals surface area contributed by atoms with Crippen molar-refractivity contribution < 1.29 is 14.6 Å². The monoisotopic (exact) mass is 416 g/mol. The van der Waals surface area contributed by atoms with Gasteiger partial charge >= 0.3 is 5.97 Å². The molecule has 0 saturated carbocycles. The number of aromatic carboxylic acids is 1. The fourth-order valence-electron chi connectivity index (χ4n) is 2.61. The summed E-state index contributed by atoms with van der Waals surface area (Å²) in [4.78, 5) is 11.1. The first-order valence-electron chi connectivity index (χ1n) is 8.33. The second-order valence-electron chi connectivity index (χ2n) is 7.48. The van der Waals surface area contributed by atoms with E-state index in [-0.39, 0.29) is 11.0 Å². The summed E-state index contributed by atoms with van der Waals surface area (Å²) in [7, 11) is 0. The van der Waals surface area contributed by atoms with E-state index in [0.717, 1.165) is 26.7 Å². The summed E-state index contributed by atoms with van der Waals surface area (Å²) in [5.41, 5.74) is 2.22. The third-order valence-corrected chi connectivity index (χ3v) is 4.39. The Morgan fingerprint density at radius 2 is 2.00 bits per heavy atom. The zero-order chi connectivity index (χ0) is 18.9. The van der Waals surface area contributed by atoms with Crippen LogP contribution in [0.4, 0.5) is 0 Å². The number of rotatable bonds is 5. The molecule has 0 saturated heterocycles. The molecule has 2 aromatic carbocycles. The van der Waals surface area contributed by atoms with E-state index < -0.39 is 5.97 Å². The number of nitrogens with zero attached hydrogens (tertiary/aromatic N) is 2. The van der Waals surface area contributed by atoms with Crippen LogP contribution in [-0.4, -0.2) is 27.5 Å². The van der Waals surface area contributed by atoms with Gasteiger partial charge in [-0.3, -0.25) is 4.68 Å². The van der Waals surface area contributed by atoms with Gasteiger partial charge in [0.25, 0.3) is 0 Å². The highest BCUT2D eigenvalue weighted by Gasteiger charge is 2.14. The summed E-state index contributed by atoms with van der Waals surface area (Å²) >= 11 is 3.52. The van der Waals surface area contributed by atoms with Crippen molar-refractivity contribution >= 4 is 32.8 Å². The largest absolute Gasteiger partial charge is 0.493 e. The number of ether oxygens (including phenoxy) is 1. The fraction of sp³-hybridized carbons (Fsp3) is 0.300. The highest BCUT2D eigenvalue weighted by molar-refractivity contribution is 9.10. The second-order valence-corrected chi connectivity index (χ2v) is 8.40. The fourth-order valence-corrected chi connectivity index (χ4v) is 3.02. The van der Waals surface area contributed by atoms with E-state index in [9.17, 15) is 4.79 Å². The molecule has 5 nitrogen and oxygen atoms in total. The number of fused-ring (bicyclic) bond motifs is 1. The predicted molar refractivity (Wildman–Crippen MR) is 105 cm³/mol. The quantitative estimate of drug-likeness (QED) is 0.637. The molecule has 0 radical (unpaired) electrons. The van der Waals surface area contributed by atoms with Crippen molar-refractivity contribution in [1.82, 2.24) is 9.78 Å². The van der Waals surface area contributed by atoms with Gasteiger partial charge in [-0.25, -0.2) is 4.79 Å². The van der Waals surface area contributed by atoms with Crippen LogP contribution in [0.25, 0.3) is 10.9 Å². The lowest BCUT2D eigenvalue weighted by atomic mass is 9.98. The zero-order valence-electron chi connectivity index (χ0n) is 15.0. The molecular weight excluding hydrogens is 396 g/mol. The third kappa shape index (κ3) is 4.25. The summed E-state index contributed by atoms with van der Waals surface area (Å²) < 4.78 is 8.85. The molecule has 0 amide bonds. The van der Waals surface area contributed by atoms with E-state index in [1.54, 1.807) is 24.4 Å². The van der Waals surface area contributed by atoms with Crippen molar-refractivity contribution in [2.24, 2.45) is 5.41 Å². The van der Waals surface area contributed by atoms with Gasteiger partial charge < -0.3 is 9.84 Å². The van der Waals surface area contributed by atoms with E-state index in [0.29, 0.717) is 13.2 Å². The molecule has 1 N–H and O–H groups in total. The average molecular weight is 417 g/mol. The van der Waals surface area contributed by atoms with Crippen LogP contribution in [0.1, 0.15) is 36.7 Å². The third-order valence-electron chi connectivity index (χ3n) is 3.89. The van der Waals surface area contributed by atoms with Gasteiger partial charge in [-0.1, -0.05) is 36.7 Å². The molecule has 0 fully saturated rings. The number of aromatic nitrogens is 2. The molecule has 3 aromatic rings. The molecule has 3 rings (SSSR count). The number of carboxylic acid groups (broad SMARTS) is 1. The van der Waals surface area contributed by atoms with Crippen molar-refractivity contribution in [2.75, 3.05) is 6.61 Å². The van der Waals surface area contributed by atoms with Crippen LogP contribution < -0.4 is 4.74 Å². The second kappa shape index (κ2) is 7.11. The maximum absolute atomic E-state index is 11.1. The topological polar surface area (TPSA) is 64.4 Å². The predicted octanol–water partition coefficient (Wildman–Crippen LogP) is 4.97. The van der Waals surface area contributed by atoms with Gasteiger partial charge in [0.2, 0.25) is 0 Å². The highest BCUT2D eigenvalue weighted by atomic mass is 79.9. The number of carbonyl (C=O) groups is 1.